The predicted octanol–water partition coefficient (Wildman–Crippen LogP) is 0.358. The third kappa shape index (κ3) is 4.44. The van der Waals surface area contributed by atoms with E-state index in [1.165, 1.54) is 0 Å². The standard InChI is InChI=1S/C10H25N5O/c1-6-11-13(8-3)15(10(5)16)14(9-4)12-7-2/h11-12H,6-9H2,1-5H3. The van der Waals surface area contributed by atoms with E-state index in [1.54, 1.807) is 22.3 Å². The van der Waals surface area contributed by atoms with Crippen molar-refractivity contribution >= 4 is 5.91 Å². The molecule has 2 N–H and O–H groups in total. The minimum absolute atomic E-state index is 0.0226. The number of nitrogens with one attached hydrogen (secondary N) is 2. The third-order valence-corrected chi connectivity index (χ3v) is 2.02. The predicted molar refractivity (Wildman–Crippen MR) is 64.6 cm³/mol. The molecule has 0 unspecified atom stereocenters. The molecule has 0 atom stereocenters. The van der Waals surface area contributed by atoms with Crippen LogP contribution in [0.1, 0.15) is 34.6 Å². The zero-order valence-electron chi connectivity index (χ0n) is 11.1. The van der Waals surface area contributed by atoms with Crippen molar-refractivity contribution in [2.45, 2.75) is 34.6 Å². The van der Waals surface area contributed by atoms with E-state index in [9.17, 15) is 4.79 Å². The van der Waals surface area contributed by atoms with Crippen LogP contribution in [0.25, 0.3) is 0 Å². The quantitative estimate of drug-likeness (QED) is 0.591. The molecule has 0 aliphatic rings. The molecule has 0 aliphatic heterocycles. The summed E-state index contributed by atoms with van der Waals surface area (Å²) in [6.07, 6.45) is 0. The van der Waals surface area contributed by atoms with Gasteiger partial charge in [-0.1, -0.05) is 13.8 Å². The molecule has 6 nitrogen and oxygen atoms in total. The van der Waals surface area contributed by atoms with Crippen molar-refractivity contribution in [2.24, 2.45) is 0 Å². The van der Waals surface area contributed by atoms with E-state index in [-0.39, 0.29) is 5.91 Å². The van der Waals surface area contributed by atoms with Crippen molar-refractivity contribution in [1.82, 2.24) is 26.2 Å². The van der Waals surface area contributed by atoms with E-state index in [0.717, 1.165) is 26.2 Å². The van der Waals surface area contributed by atoms with Crippen LogP contribution in [0, 0.1) is 0 Å². The largest absolute Gasteiger partial charge is 0.272 e. The highest BCUT2D eigenvalue weighted by molar-refractivity contribution is 5.72. The molecule has 16 heavy (non-hydrogen) atoms. The first-order valence-corrected chi connectivity index (χ1v) is 5.94. The van der Waals surface area contributed by atoms with Gasteiger partial charge in [-0.3, -0.25) is 4.79 Å². The lowest BCUT2D eigenvalue weighted by atomic mass is 10.6. The van der Waals surface area contributed by atoms with Crippen LogP contribution in [0.4, 0.5) is 0 Å². The van der Waals surface area contributed by atoms with Gasteiger partial charge in [0, 0.05) is 33.1 Å². The summed E-state index contributed by atoms with van der Waals surface area (Å²) in [4.78, 5) is 11.7. The fourth-order valence-corrected chi connectivity index (χ4v) is 1.46. The summed E-state index contributed by atoms with van der Waals surface area (Å²) in [5.74, 6) is -0.0226. The molecular weight excluding hydrogens is 206 g/mol. The Morgan fingerprint density at radius 2 is 1.31 bits per heavy atom. The van der Waals surface area contributed by atoms with Gasteiger partial charge in [0.15, 0.2) is 0 Å². The van der Waals surface area contributed by atoms with Gasteiger partial charge in [-0.05, 0) is 13.8 Å². The molecule has 0 rings (SSSR count). The molecule has 0 aromatic heterocycles. The highest BCUT2D eigenvalue weighted by Gasteiger charge is 2.22. The van der Waals surface area contributed by atoms with E-state index < -0.39 is 0 Å². The second-order valence-corrected chi connectivity index (χ2v) is 3.26. The van der Waals surface area contributed by atoms with Crippen LogP contribution in [0.5, 0.6) is 0 Å². The van der Waals surface area contributed by atoms with Crippen LogP contribution in [-0.2, 0) is 4.79 Å². The number of carbonyl (C=O) groups excluding carboxylic acids is 1. The van der Waals surface area contributed by atoms with Gasteiger partial charge >= 0.3 is 0 Å². The molecule has 0 aliphatic carbocycles. The molecular formula is C10H25N5O. The van der Waals surface area contributed by atoms with E-state index in [4.69, 9.17) is 0 Å². The topological polar surface area (TPSA) is 50.9 Å². The Kier molecular flexibility index (Phi) is 8.10. The van der Waals surface area contributed by atoms with E-state index >= 15 is 0 Å². The Balaban J connectivity index is 4.71. The van der Waals surface area contributed by atoms with Crippen LogP contribution in [0.2, 0.25) is 0 Å². The van der Waals surface area contributed by atoms with Gasteiger partial charge in [-0.15, -0.1) is 10.2 Å². The van der Waals surface area contributed by atoms with Crippen LogP contribution in [-0.4, -0.2) is 47.4 Å². The van der Waals surface area contributed by atoms with Crippen LogP contribution >= 0.6 is 0 Å². The number of rotatable bonds is 8. The van der Waals surface area contributed by atoms with Crippen LogP contribution in [0.15, 0.2) is 0 Å². The lowest BCUT2D eigenvalue weighted by molar-refractivity contribution is -0.224. The first-order chi connectivity index (χ1) is 7.62. The van der Waals surface area contributed by atoms with E-state index in [0.29, 0.717) is 0 Å². The van der Waals surface area contributed by atoms with Crippen LogP contribution < -0.4 is 10.9 Å². The molecule has 0 heterocycles. The molecule has 1 amide bonds. The maximum Gasteiger partial charge on any atom is 0.251 e. The summed E-state index contributed by atoms with van der Waals surface area (Å²) < 4.78 is 0. The molecule has 0 radical (unpaired) electrons. The second-order valence-electron chi connectivity index (χ2n) is 3.26. The normalized spacial score (nSPS) is 11.2. The minimum atomic E-state index is -0.0226. The molecule has 0 fully saturated rings. The SMILES string of the molecule is CCNN(CC)N(C(C)=O)N(CC)NCC. The van der Waals surface area contributed by atoms with Gasteiger partial charge in [0.2, 0.25) is 0 Å². The highest BCUT2D eigenvalue weighted by Crippen LogP contribution is 2.00. The summed E-state index contributed by atoms with van der Waals surface area (Å²) in [6.45, 7) is 12.6. The summed E-state index contributed by atoms with van der Waals surface area (Å²) >= 11 is 0. The van der Waals surface area contributed by atoms with Crippen molar-refractivity contribution in [1.29, 1.82) is 0 Å². The second kappa shape index (κ2) is 8.46. The number of hydrogen-bond acceptors (Lipinski definition) is 5. The van der Waals surface area contributed by atoms with Crippen molar-refractivity contribution in [3.05, 3.63) is 0 Å². The molecule has 0 aromatic rings. The summed E-state index contributed by atoms with van der Waals surface area (Å²) in [7, 11) is 0. The maximum absolute atomic E-state index is 11.7. The van der Waals surface area contributed by atoms with Gasteiger partial charge in [0.1, 0.15) is 0 Å². The number of hydrazine groups is 4. The monoisotopic (exact) mass is 231 g/mol. The Labute approximate surface area is 98.4 Å². The maximum atomic E-state index is 11.7. The molecule has 0 bridgehead atoms. The Morgan fingerprint density at radius 1 is 0.938 bits per heavy atom. The highest BCUT2D eigenvalue weighted by atomic mass is 16.2. The van der Waals surface area contributed by atoms with Gasteiger partial charge in [0.25, 0.3) is 5.91 Å². The lowest BCUT2D eigenvalue weighted by Crippen LogP contribution is -2.63. The summed E-state index contributed by atoms with van der Waals surface area (Å²) in [5.41, 5.74) is 6.29. The lowest BCUT2D eigenvalue weighted by Gasteiger charge is -2.40. The molecule has 0 spiro atoms. The number of hydrogen-bond donors (Lipinski definition) is 2. The van der Waals surface area contributed by atoms with E-state index in [1.807, 2.05) is 27.7 Å². The Bertz CT molecular complexity index is 186. The molecule has 0 aromatic carbocycles. The average molecular weight is 231 g/mol. The first kappa shape index (κ1) is 15.3. The average Bonchev–Trinajstić information content (AvgIpc) is 2.26. The van der Waals surface area contributed by atoms with Gasteiger partial charge < -0.3 is 0 Å². The summed E-state index contributed by atoms with van der Waals surface area (Å²) in [5, 5.41) is 5.19. The van der Waals surface area contributed by atoms with Crippen molar-refractivity contribution in [3.63, 3.8) is 0 Å². The zero-order chi connectivity index (χ0) is 12.6. The smallest absolute Gasteiger partial charge is 0.251 e. The Morgan fingerprint density at radius 3 is 1.50 bits per heavy atom. The zero-order valence-corrected chi connectivity index (χ0v) is 11.1. The summed E-state index contributed by atoms with van der Waals surface area (Å²) in [6, 6.07) is 0. The minimum Gasteiger partial charge on any atom is -0.272 e. The first-order valence-electron chi connectivity index (χ1n) is 5.94. The van der Waals surface area contributed by atoms with Crippen molar-refractivity contribution in [2.75, 3.05) is 26.2 Å². The molecule has 0 saturated heterocycles. The molecule has 96 valence electrons. The van der Waals surface area contributed by atoms with Crippen molar-refractivity contribution < 1.29 is 4.79 Å². The molecule has 6 heteroatoms. The van der Waals surface area contributed by atoms with Gasteiger partial charge in [-0.2, -0.15) is 5.12 Å². The third-order valence-electron chi connectivity index (χ3n) is 2.02. The fraction of sp³-hybridized carbons (Fsp3) is 0.900. The molecule has 0 saturated carbocycles. The Hall–Kier alpha value is -0.690. The fourth-order valence-electron chi connectivity index (χ4n) is 1.46. The van der Waals surface area contributed by atoms with Crippen LogP contribution in [0.3, 0.4) is 0 Å². The number of amides is 1. The number of carbonyl (C=O) groups is 1. The van der Waals surface area contributed by atoms with Gasteiger partial charge in [0.05, 0.1) is 0 Å². The number of nitrogens with zero attached hydrogens (tertiary/aromatic N) is 3. The van der Waals surface area contributed by atoms with Crippen molar-refractivity contribution in [3.8, 4) is 0 Å². The van der Waals surface area contributed by atoms with Gasteiger partial charge in [-0.25, -0.2) is 10.9 Å². The van der Waals surface area contributed by atoms with E-state index in [2.05, 4.69) is 10.9 Å².